The zero-order chi connectivity index (χ0) is 18.1. The highest BCUT2D eigenvalue weighted by Crippen LogP contribution is 2.31. The summed E-state index contributed by atoms with van der Waals surface area (Å²) in [6.45, 7) is 0. The second kappa shape index (κ2) is 6.40. The topological polar surface area (TPSA) is 72.2 Å². The molecule has 0 amide bonds. The molecule has 0 fully saturated rings. The molecule has 26 heavy (non-hydrogen) atoms. The summed E-state index contributed by atoms with van der Waals surface area (Å²) in [7, 11) is -3.88. The number of fused-ring (bicyclic) bond motifs is 1. The minimum absolute atomic E-state index is 0.163. The van der Waals surface area contributed by atoms with Gasteiger partial charge in [-0.3, -0.25) is 4.98 Å². The van der Waals surface area contributed by atoms with Gasteiger partial charge in [0.2, 0.25) is 0 Å². The van der Waals surface area contributed by atoms with Crippen LogP contribution in [0.5, 0.6) is 0 Å². The van der Waals surface area contributed by atoms with Gasteiger partial charge in [-0.25, -0.2) is 12.4 Å². The van der Waals surface area contributed by atoms with E-state index >= 15 is 0 Å². The highest BCUT2D eigenvalue weighted by Gasteiger charge is 2.27. The van der Waals surface area contributed by atoms with E-state index in [2.05, 4.69) is 4.98 Å². The predicted octanol–water partition coefficient (Wildman–Crippen LogP) is 3.36. The molecule has 0 bridgehead atoms. The zero-order valence-electron chi connectivity index (χ0n) is 13.7. The van der Waals surface area contributed by atoms with Crippen molar-refractivity contribution in [3.63, 3.8) is 0 Å². The van der Waals surface area contributed by atoms with Crippen LogP contribution < -0.4 is 0 Å². The average molecular weight is 364 g/mol. The van der Waals surface area contributed by atoms with E-state index in [-0.39, 0.29) is 10.6 Å². The third kappa shape index (κ3) is 2.69. The first-order valence-corrected chi connectivity index (χ1v) is 9.53. The lowest BCUT2D eigenvalue weighted by Crippen LogP contribution is -2.18. The van der Waals surface area contributed by atoms with Crippen molar-refractivity contribution in [3.05, 3.63) is 96.4 Å². The van der Waals surface area contributed by atoms with Gasteiger partial charge in [0.25, 0.3) is 10.0 Å². The number of pyridine rings is 1. The standard InChI is InChI=1S/C20H16N2O3S/c23-20(17-11-6-7-13-21-17)19-14-15-8-4-5-12-18(15)22(19)26(24,25)16-9-2-1-3-10-16/h1-14,20,23H/t20-/m0/s1. The van der Waals surface area contributed by atoms with E-state index in [9.17, 15) is 13.5 Å². The molecule has 6 heteroatoms. The minimum atomic E-state index is -3.88. The van der Waals surface area contributed by atoms with Crippen molar-refractivity contribution in [3.8, 4) is 0 Å². The molecule has 4 rings (SSSR count). The first kappa shape index (κ1) is 16.5. The van der Waals surface area contributed by atoms with Crippen molar-refractivity contribution < 1.29 is 13.5 Å². The van der Waals surface area contributed by atoms with Crippen molar-refractivity contribution >= 4 is 20.9 Å². The van der Waals surface area contributed by atoms with E-state index in [4.69, 9.17) is 0 Å². The van der Waals surface area contributed by atoms with E-state index in [1.165, 1.54) is 3.97 Å². The fourth-order valence-corrected chi connectivity index (χ4v) is 4.56. The Morgan fingerprint density at radius 3 is 2.31 bits per heavy atom. The monoisotopic (exact) mass is 364 g/mol. The lowest BCUT2D eigenvalue weighted by atomic mass is 10.1. The minimum Gasteiger partial charge on any atom is -0.380 e. The van der Waals surface area contributed by atoms with E-state index in [0.29, 0.717) is 11.2 Å². The molecule has 0 radical (unpaired) electrons. The Kier molecular flexibility index (Phi) is 4.06. The Bertz CT molecular complexity index is 1150. The number of aliphatic hydroxyl groups is 1. The van der Waals surface area contributed by atoms with Gasteiger partial charge < -0.3 is 5.11 Å². The van der Waals surface area contributed by atoms with Crippen LogP contribution >= 0.6 is 0 Å². The van der Waals surface area contributed by atoms with Crippen LogP contribution in [0.15, 0.2) is 90.0 Å². The molecule has 0 aliphatic rings. The van der Waals surface area contributed by atoms with Gasteiger partial charge in [0.1, 0.15) is 6.10 Å². The molecule has 0 aliphatic heterocycles. The molecule has 2 aromatic heterocycles. The Morgan fingerprint density at radius 1 is 0.885 bits per heavy atom. The van der Waals surface area contributed by atoms with Gasteiger partial charge in [-0.05, 0) is 36.4 Å². The van der Waals surface area contributed by atoms with Crippen LogP contribution in [0.3, 0.4) is 0 Å². The van der Waals surface area contributed by atoms with Crippen molar-refractivity contribution in [1.29, 1.82) is 0 Å². The average Bonchev–Trinajstić information content (AvgIpc) is 3.09. The molecule has 2 aromatic carbocycles. The second-order valence-electron chi connectivity index (χ2n) is 5.87. The maximum absolute atomic E-state index is 13.3. The van der Waals surface area contributed by atoms with Gasteiger partial charge in [-0.2, -0.15) is 0 Å². The van der Waals surface area contributed by atoms with Crippen LogP contribution in [0.1, 0.15) is 17.5 Å². The Labute approximate surface area is 151 Å². The summed E-state index contributed by atoms with van der Waals surface area (Å²) in [5.74, 6) is 0. The molecule has 0 unspecified atom stereocenters. The number of hydrogen-bond donors (Lipinski definition) is 1. The van der Waals surface area contributed by atoms with Crippen LogP contribution in [-0.2, 0) is 10.0 Å². The summed E-state index contributed by atoms with van der Waals surface area (Å²) in [5, 5.41) is 11.6. The predicted molar refractivity (Wildman–Crippen MR) is 99.3 cm³/mol. The van der Waals surface area contributed by atoms with Crippen LogP contribution in [-0.4, -0.2) is 22.5 Å². The number of rotatable bonds is 4. The maximum atomic E-state index is 13.3. The van der Waals surface area contributed by atoms with E-state index in [1.54, 1.807) is 72.9 Å². The summed E-state index contributed by atoms with van der Waals surface area (Å²) in [6, 6.07) is 22.2. The lowest BCUT2D eigenvalue weighted by molar-refractivity contribution is 0.210. The fourth-order valence-electron chi connectivity index (χ4n) is 3.00. The second-order valence-corrected chi connectivity index (χ2v) is 7.65. The molecule has 0 spiro atoms. The molecular formula is C20H16N2O3S. The van der Waals surface area contributed by atoms with Gasteiger partial charge in [0.05, 0.1) is 21.8 Å². The molecule has 130 valence electrons. The number of para-hydroxylation sites is 1. The number of nitrogens with zero attached hydrogens (tertiary/aromatic N) is 2. The largest absolute Gasteiger partial charge is 0.380 e. The van der Waals surface area contributed by atoms with Crippen LogP contribution in [0.25, 0.3) is 10.9 Å². The third-order valence-corrected chi connectivity index (χ3v) is 5.98. The van der Waals surface area contributed by atoms with Crippen LogP contribution in [0.2, 0.25) is 0 Å². The van der Waals surface area contributed by atoms with Crippen LogP contribution in [0.4, 0.5) is 0 Å². The highest BCUT2D eigenvalue weighted by atomic mass is 32.2. The van der Waals surface area contributed by atoms with E-state index in [1.807, 2.05) is 12.1 Å². The van der Waals surface area contributed by atoms with Crippen molar-refractivity contribution in [2.45, 2.75) is 11.0 Å². The molecule has 5 nitrogen and oxygen atoms in total. The van der Waals surface area contributed by atoms with Gasteiger partial charge in [0.15, 0.2) is 0 Å². The molecule has 4 aromatic rings. The quantitative estimate of drug-likeness (QED) is 0.603. The highest BCUT2D eigenvalue weighted by molar-refractivity contribution is 7.90. The SMILES string of the molecule is O=S(=O)(c1ccccc1)n1c([C@@H](O)c2ccccn2)cc2ccccc21. The third-order valence-electron chi connectivity index (χ3n) is 4.22. The van der Waals surface area contributed by atoms with Gasteiger partial charge in [0, 0.05) is 11.6 Å². The van der Waals surface area contributed by atoms with E-state index < -0.39 is 16.1 Å². The zero-order valence-corrected chi connectivity index (χ0v) is 14.5. The maximum Gasteiger partial charge on any atom is 0.268 e. The summed E-state index contributed by atoms with van der Waals surface area (Å²) >= 11 is 0. The van der Waals surface area contributed by atoms with E-state index in [0.717, 1.165) is 5.39 Å². The molecule has 2 heterocycles. The Hall–Kier alpha value is -2.96. The molecule has 0 saturated carbocycles. The summed E-state index contributed by atoms with van der Waals surface area (Å²) in [5.41, 5.74) is 1.16. The van der Waals surface area contributed by atoms with Gasteiger partial charge >= 0.3 is 0 Å². The molecule has 1 N–H and O–H groups in total. The van der Waals surface area contributed by atoms with Crippen LogP contribution in [0, 0.1) is 0 Å². The van der Waals surface area contributed by atoms with Crippen molar-refractivity contribution in [1.82, 2.24) is 8.96 Å². The first-order valence-electron chi connectivity index (χ1n) is 8.09. The van der Waals surface area contributed by atoms with Crippen molar-refractivity contribution in [2.24, 2.45) is 0 Å². The molecule has 0 aliphatic carbocycles. The number of hydrogen-bond acceptors (Lipinski definition) is 4. The molecule has 1 atom stereocenters. The fraction of sp³-hybridized carbons (Fsp3) is 0.0500. The molecule has 0 saturated heterocycles. The Morgan fingerprint density at radius 2 is 1.58 bits per heavy atom. The normalized spacial score (nSPS) is 13.0. The molecular weight excluding hydrogens is 348 g/mol. The lowest BCUT2D eigenvalue weighted by Gasteiger charge is -2.15. The summed E-state index contributed by atoms with van der Waals surface area (Å²) in [4.78, 5) is 4.33. The number of aromatic nitrogens is 2. The smallest absolute Gasteiger partial charge is 0.268 e. The Balaban J connectivity index is 1.99. The van der Waals surface area contributed by atoms with Crippen molar-refractivity contribution in [2.75, 3.05) is 0 Å². The number of benzene rings is 2. The van der Waals surface area contributed by atoms with Gasteiger partial charge in [-0.15, -0.1) is 0 Å². The number of aliphatic hydroxyl groups excluding tert-OH is 1. The first-order chi connectivity index (χ1) is 12.6. The van der Waals surface area contributed by atoms with Gasteiger partial charge in [-0.1, -0.05) is 42.5 Å². The summed E-state index contributed by atoms with van der Waals surface area (Å²) in [6.07, 6.45) is 0.402. The summed E-state index contributed by atoms with van der Waals surface area (Å²) < 4.78 is 27.8.